The summed E-state index contributed by atoms with van der Waals surface area (Å²) in [5.74, 6) is 0.889. The van der Waals surface area contributed by atoms with Gasteiger partial charge in [-0.05, 0) is 55.5 Å². The molecule has 1 fully saturated rings. The standard InChI is InChI=1S/C16H23NO2/c1-19-14-6-5-12-7-8-16(18,11-13(12)10-14)15-4-2-3-9-17-15/h5-6,10,15,17-18H,2-4,7-9,11H2,1H3. The number of benzene rings is 1. The first-order valence-corrected chi connectivity index (χ1v) is 7.33. The zero-order chi connectivity index (χ0) is 13.3. The SMILES string of the molecule is COc1ccc2c(c1)CC(O)(C1CCCCN1)CC2. The van der Waals surface area contributed by atoms with Crippen LogP contribution in [-0.4, -0.2) is 30.4 Å². The smallest absolute Gasteiger partial charge is 0.119 e. The van der Waals surface area contributed by atoms with Crippen LogP contribution in [-0.2, 0) is 12.8 Å². The van der Waals surface area contributed by atoms with Gasteiger partial charge in [-0.25, -0.2) is 0 Å². The number of methoxy groups -OCH3 is 1. The molecule has 0 bridgehead atoms. The van der Waals surface area contributed by atoms with Gasteiger partial charge < -0.3 is 15.2 Å². The summed E-state index contributed by atoms with van der Waals surface area (Å²) in [5.41, 5.74) is 2.03. The Kier molecular flexibility index (Phi) is 3.50. The summed E-state index contributed by atoms with van der Waals surface area (Å²) in [6, 6.07) is 6.49. The summed E-state index contributed by atoms with van der Waals surface area (Å²) in [6.45, 7) is 1.04. The highest BCUT2D eigenvalue weighted by Gasteiger charge is 2.40. The molecule has 2 aliphatic rings. The maximum absolute atomic E-state index is 11.0. The van der Waals surface area contributed by atoms with Crippen LogP contribution in [0.4, 0.5) is 0 Å². The number of hydrogen-bond acceptors (Lipinski definition) is 3. The summed E-state index contributed by atoms with van der Waals surface area (Å²) in [7, 11) is 1.69. The zero-order valence-corrected chi connectivity index (χ0v) is 11.6. The Labute approximate surface area is 115 Å². The molecule has 2 N–H and O–H groups in total. The van der Waals surface area contributed by atoms with Crippen molar-refractivity contribution in [3.63, 3.8) is 0 Å². The van der Waals surface area contributed by atoms with E-state index in [-0.39, 0.29) is 6.04 Å². The van der Waals surface area contributed by atoms with E-state index in [1.807, 2.05) is 6.07 Å². The lowest BCUT2D eigenvalue weighted by atomic mass is 9.74. The minimum absolute atomic E-state index is 0.251. The second kappa shape index (κ2) is 5.14. The number of fused-ring (bicyclic) bond motifs is 1. The van der Waals surface area contributed by atoms with Crippen molar-refractivity contribution in [3.05, 3.63) is 29.3 Å². The van der Waals surface area contributed by atoms with Gasteiger partial charge >= 0.3 is 0 Å². The van der Waals surface area contributed by atoms with Crippen molar-refractivity contribution in [2.45, 2.75) is 50.2 Å². The summed E-state index contributed by atoms with van der Waals surface area (Å²) in [6.07, 6.45) is 6.13. The van der Waals surface area contributed by atoms with Gasteiger partial charge in [-0.15, -0.1) is 0 Å². The van der Waals surface area contributed by atoms with E-state index >= 15 is 0 Å². The average molecular weight is 261 g/mol. The molecule has 1 aromatic rings. The predicted molar refractivity (Wildman–Crippen MR) is 75.6 cm³/mol. The van der Waals surface area contributed by atoms with Gasteiger partial charge in [0, 0.05) is 12.5 Å². The van der Waals surface area contributed by atoms with Gasteiger partial charge in [0.05, 0.1) is 12.7 Å². The summed E-state index contributed by atoms with van der Waals surface area (Å²) >= 11 is 0. The molecule has 1 aliphatic heterocycles. The normalized spacial score (nSPS) is 30.7. The molecule has 3 rings (SSSR count). The third kappa shape index (κ3) is 2.49. The van der Waals surface area contributed by atoms with Crippen LogP contribution in [0.2, 0.25) is 0 Å². The average Bonchev–Trinajstić information content (AvgIpc) is 2.47. The highest BCUT2D eigenvalue weighted by atomic mass is 16.5. The molecule has 19 heavy (non-hydrogen) atoms. The van der Waals surface area contributed by atoms with E-state index in [1.165, 1.54) is 24.0 Å². The molecular formula is C16H23NO2. The fourth-order valence-electron chi connectivity index (χ4n) is 3.51. The minimum atomic E-state index is -0.584. The van der Waals surface area contributed by atoms with Crippen LogP contribution in [0.1, 0.15) is 36.8 Å². The van der Waals surface area contributed by atoms with Crippen molar-refractivity contribution in [1.82, 2.24) is 5.32 Å². The molecule has 104 valence electrons. The third-order valence-corrected chi connectivity index (χ3v) is 4.70. The Hall–Kier alpha value is -1.06. The second-order valence-corrected chi connectivity index (χ2v) is 5.92. The second-order valence-electron chi connectivity index (χ2n) is 5.92. The van der Waals surface area contributed by atoms with Gasteiger partial charge in [0.15, 0.2) is 0 Å². The van der Waals surface area contributed by atoms with Crippen LogP contribution in [0.5, 0.6) is 5.75 Å². The maximum atomic E-state index is 11.0. The molecule has 3 heteroatoms. The summed E-state index contributed by atoms with van der Waals surface area (Å²) in [4.78, 5) is 0. The topological polar surface area (TPSA) is 41.5 Å². The van der Waals surface area contributed by atoms with E-state index in [9.17, 15) is 5.11 Å². The number of aryl methyl sites for hydroxylation is 1. The summed E-state index contributed by atoms with van der Waals surface area (Å²) in [5, 5.41) is 14.5. The lowest BCUT2D eigenvalue weighted by Crippen LogP contribution is -2.55. The molecule has 1 saturated heterocycles. The lowest BCUT2D eigenvalue weighted by molar-refractivity contribution is -0.0189. The first-order valence-electron chi connectivity index (χ1n) is 7.33. The van der Waals surface area contributed by atoms with E-state index in [2.05, 4.69) is 17.4 Å². The molecule has 1 aromatic carbocycles. The van der Waals surface area contributed by atoms with Crippen LogP contribution in [0.15, 0.2) is 18.2 Å². The highest BCUT2D eigenvalue weighted by Crippen LogP contribution is 2.35. The van der Waals surface area contributed by atoms with E-state index in [0.29, 0.717) is 0 Å². The van der Waals surface area contributed by atoms with Gasteiger partial charge in [-0.3, -0.25) is 0 Å². The molecule has 2 atom stereocenters. The third-order valence-electron chi connectivity index (χ3n) is 4.70. The highest BCUT2D eigenvalue weighted by molar-refractivity contribution is 5.39. The lowest BCUT2D eigenvalue weighted by Gasteiger charge is -2.42. The van der Waals surface area contributed by atoms with E-state index in [1.54, 1.807) is 7.11 Å². The van der Waals surface area contributed by atoms with Gasteiger partial charge in [0.25, 0.3) is 0 Å². The molecule has 0 saturated carbocycles. The quantitative estimate of drug-likeness (QED) is 0.856. The molecular weight excluding hydrogens is 238 g/mol. The largest absolute Gasteiger partial charge is 0.497 e. The van der Waals surface area contributed by atoms with Crippen molar-refractivity contribution in [2.24, 2.45) is 0 Å². The van der Waals surface area contributed by atoms with Crippen molar-refractivity contribution in [3.8, 4) is 5.75 Å². The number of nitrogens with one attached hydrogen (secondary N) is 1. The van der Waals surface area contributed by atoms with Gasteiger partial charge in [-0.2, -0.15) is 0 Å². The molecule has 0 spiro atoms. The minimum Gasteiger partial charge on any atom is -0.497 e. The molecule has 3 nitrogen and oxygen atoms in total. The molecule has 2 unspecified atom stereocenters. The van der Waals surface area contributed by atoms with Crippen molar-refractivity contribution < 1.29 is 9.84 Å². The Balaban J connectivity index is 1.83. The number of aliphatic hydroxyl groups is 1. The molecule has 1 heterocycles. The Morgan fingerprint density at radius 2 is 2.21 bits per heavy atom. The van der Waals surface area contributed by atoms with Crippen LogP contribution in [0.25, 0.3) is 0 Å². The Morgan fingerprint density at radius 1 is 1.32 bits per heavy atom. The molecule has 0 aromatic heterocycles. The van der Waals surface area contributed by atoms with E-state index in [4.69, 9.17) is 4.74 Å². The molecule has 0 amide bonds. The fraction of sp³-hybridized carbons (Fsp3) is 0.625. The first-order chi connectivity index (χ1) is 9.21. The van der Waals surface area contributed by atoms with Crippen LogP contribution in [0.3, 0.4) is 0 Å². The maximum Gasteiger partial charge on any atom is 0.119 e. The van der Waals surface area contributed by atoms with Crippen LogP contribution >= 0.6 is 0 Å². The molecule has 1 aliphatic carbocycles. The fourth-order valence-corrected chi connectivity index (χ4v) is 3.51. The van der Waals surface area contributed by atoms with Crippen LogP contribution < -0.4 is 10.1 Å². The van der Waals surface area contributed by atoms with E-state index in [0.717, 1.165) is 38.0 Å². The number of rotatable bonds is 2. The Bertz CT molecular complexity index is 454. The number of hydrogen-bond donors (Lipinski definition) is 2. The number of ether oxygens (including phenoxy) is 1. The summed E-state index contributed by atoms with van der Waals surface area (Å²) < 4.78 is 5.30. The van der Waals surface area contributed by atoms with Crippen LogP contribution in [0, 0.1) is 0 Å². The van der Waals surface area contributed by atoms with Crippen molar-refractivity contribution in [2.75, 3.05) is 13.7 Å². The van der Waals surface area contributed by atoms with Crippen molar-refractivity contribution in [1.29, 1.82) is 0 Å². The predicted octanol–water partition coefficient (Wildman–Crippen LogP) is 2.06. The number of piperidine rings is 1. The van der Waals surface area contributed by atoms with Gasteiger partial charge in [0.2, 0.25) is 0 Å². The van der Waals surface area contributed by atoms with E-state index < -0.39 is 5.60 Å². The van der Waals surface area contributed by atoms with Gasteiger partial charge in [-0.1, -0.05) is 12.5 Å². The first kappa shape index (κ1) is 12.9. The monoisotopic (exact) mass is 261 g/mol. The Morgan fingerprint density at radius 3 is 2.95 bits per heavy atom. The zero-order valence-electron chi connectivity index (χ0n) is 11.6. The van der Waals surface area contributed by atoms with Crippen molar-refractivity contribution >= 4 is 0 Å². The van der Waals surface area contributed by atoms with Gasteiger partial charge in [0.1, 0.15) is 5.75 Å². The molecule has 0 radical (unpaired) electrons.